The molecule has 0 heterocycles. The zero-order chi connectivity index (χ0) is 87.2. The van der Waals surface area contributed by atoms with Gasteiger partial charge in [-0.15, -0.1) is 12.4 Å². The summed E-state index contributed by atoms with van der Waals surface area (Å²) in [6.45, 7) is 31.9. The molecule has 6 aromatic carbocycles. The van der Waals surface area contributed by atoms with Crippen LogP contribution in [0.3, 0.4) is 0 Å². The minimum absolute atomic E-state index is 0. The number of benzene rings is 6. The summed E-state index contributed by atoms with van der Waals surface area (Å²) in [6.07, 6.45) is -1.21. The number of aliphatic hydroxyl groups is 2. The Morgan fingerprint density at radius 2 is 0.681 bits per heavy atom. The molecule has 646 valence electrons. The zero-order valence-corrected chi connectivity index (χ0v) is 75.2. The number of esters is 3. The van der Waals surface area contributed by atoms with Gasteiger partial charge in [0.2, 0.25) is 0 Å². The molecule has 0 aliphatic heterocycles. The summed E-state index contributed by atoms with van der Waals surface area (Å²) in [4.78, 5) is 81.9. The Balaban J connectivity index is 0.00000144. The first kappa shape index (κ1) is 108. The number of hydrogen-bond donors (Lipinski definition) is 10. The summed E-state index contributed by atoms with van der Waals surface area (Å²) < 4.78 is 40.4. The van der Waals surface area contributed by atoms with Crippen molar-refractivity contribution in [3.8, 4) is 0 Å². The Bertz CT molecular complexity index is 3880. The lowest BCUT2D eigenvalue weighted by Gasteiger charge is -2.22. The number of anilines is 6. The van der Waals surface area contributed by atoms with Crippen LogP contribution in [0.15, 0.2) is 127 Å². The molecule has 0 aliphatic carbocycles. The maximum atomic E-state index is 12.5. The molecule has 0 radical (unpaired) electrons. The first-order chi connectivity index (χ1) is 53.8. The van der Waals surface area contributed by atoms with Crippen molar-refractivity contribution in [2.24, 2.45) is 11.5 Å². The van der Waals surface area contributed by atoms with Crippen molar-refractivity contribution >= 4 is 176 Å². The first-order valence-electron chi connectivity index (χ1n) is 37.3. The molecule has 0 aliphatic rings. The van der Waals surface area contributed by atoms with E-state index in [9.17, 15) is 33.6 Å². The zero-order valence-electron chi connectivity index (χ0n) is 69.0. The van der Waals surface area contributed by atoms with Crippen molar-refractivity contribution in [2.75, 3.05) is 48.7 Å². The number of nitrogens with one attached hydrogen (secondary N) is 6. The number of alkyl carbamates (subject to hydrolysis) is 2. The smallest absolute Gasteiger partial charge is 0.461 e. The third kappa shape index (κ3) is 48.8. The monoisotopic (exact) mass is 1770 g/mol. The van der Waals surface area contributed by atoms with E-state index in [0.717, 1.165) is 34.5 Å². The molecule has 5 unspecified atom stereocenters. The van der Waals surface area contributed by atoms with Gasteiger partial charge in [0, 0.05) is 36.7 Å². The van der Waals surface area contributed by atoms with Crippen LogP contribution in [0.1, 0.15) is 166 Å². The number of nitrogens with two attached hydrogens (primary N) is 2. The van der Waals surface area contributed by atoms with Crippen LogP contribution in [-0.2, 0) is 71.5 Å². The highest BCUT2D eigenvalue weighted by Gasteiger charge is 2.26. The largest absolute Gasteiger partial charge is 0.519 e. The van der Waals surface area contributed by atoms with Crippen molar-refractivity contribution in [3.05, 3.63) is 174 Å². The van der Waals surface area contributed by atoms with Crippen molar-refractivity contribution in [2.45, 2.75) is 222 Å². The summed E-state index contributed by atoms with van der Waals surface area (Å²) in [5, 5.41) is 38.3. The Morgan fingerprint density at radius 1 is 0.397 bits per heavy atom. The lowest BCUT2D eigenvalue weighted by Crippen LogP contribution is -2.38. The van der Waals surface area contributed by atoms with Gasteiger partial charge < -0.3 is 91.5 Å². The fourth-order valence-corrected chi connectivity index (χ4v) is 10.3. The van der Waals surface area contributed by atoms with Gasteiger partial charge in [0.1, 0.15) is 40.7 Å². The molecule has 2 amide bonds. The molecule has 25 nitrogen and oxygen atoms in total. The number of carbonyl (C=O) groups excluding carboxylic acids is 7. The number of aliphatic hydroxyl groups excluding tert-OH is 2. The normalized spacial score (nSPS) is 12.1. The third-order valence-corrected chi connectivity index (χ3v) is 16.6. The van der Waals surface area contributed by atoms with Crippen LogP contribution in [-0.4, -0.2) is 144 Å². The van der Waals surface area contributed by atoms with Gasteiger partial charge in [-0.3, -0.25) is 14.4 Å². The van der Waals surface area contributed by atoms with E-state index in [0.29, 0.717) is 98.2 Å². The number of carbonyl (C=O) groups is 7. The number of halogens is 7. The van der Waals surface area contributed by atoms with E-state index in [4.69, 9.17) is 137 Å². The second kappa shape index (κ2) is 56.5. The van der Waals surface area contributed by atoms with E-state index >= 15 is 0 Å². The average molecular weight is 1780 g/mol. The number of ether oxygens (including phenoxy) is 8. The van der Waals surface area contributed by atoms with E-state index in [2.05, 4.69) is 36.6 Å². The molecule has 0 saturated heterocycles. The van der Waals surface area contributed by atoms with Gasteiger partial charge in [-0.1, -0.05) is 189 Å². The van der Waals surface area contributed by atoms with E-state index in [1.54, 1.807) is 138 Å². The summed E-state index contributed by atoms with van der Waals surface area (Å²) >= 11 is 42.0. The van der Waals surface area contributed by atoms with Gasteiger partial charge in [0.25, 0.3) is 0 Å². The number of thiocarbonyl (C=S) groups is 1. The van der Waals surface area contributed by atoms with E-state index in [1.807, 2.05) is 107 Å². The van der Waals surface area contributed by atoms with Crippen molar-refractivity contribution in [1.82, 2.24) is 16.0 Å². The minimum atomic E-state index is -1.06. The predicted molar refractivity (Wildman–Crippen MR) is 472 cm³/mol. The highest BCUT2D eigenvalue weighted by atomic mass is 35.5. The van der Waals surface area contributed by atoms with Gasteiger partial charge in [0.05, 0.1) is 97.2 Å². The molecule has 33 heteroatoms. The maximum absolute atomic E-state index is 12.5. The number of amides is 2. The number of rotatable bonds is 29. The van der Waals surface area contributed by atoms with Crippen LogP contribution in [0, 0.1) is 0 Å². The number of para-hydroxylation sites is 6. The predicted octanol–water partition coefficient (Wildman–Crippen LogP) is 20.1. The Morgan fingerprint density at radius 3 is 0.940 bits per heavy atom. The van der Waals surface area contributed by atoms with Gasteiger partial charge in [-0.2, -0.15) is 0 Å². The molecular weight excluding hydrogens is 1660 g/mol. The highest BCUT2D eigenvalue weighted by Crippen LogP contribution is 2.37. The average Bonchev–Trinajstić information content (AvgIpc) is 0.842. The molecule has 116 heavy (non-hydrogen) atoms. The fourth-order valence-electron chi connectivity index (χ4n) is 8.76. The van der Waals surface area contributed by atoms with Crippen LogP contribution in [0.25, 0.3) is 0 Å². The molecule has 0 bridgehead atoms. The van der Waals surface area contributed by atoms with Crippen molar-refractivity contribution < 1.29 is 81.7 Å². The molecule has 0 fully saturated rings. The maximum Gasteiger partial charge on any atom is 0.519 e. The van der Waals surface area contributed by atoms with Crippen molar-refractivity contribution in [1.29, 1.82) is 0 Å². The highest BCUT2D eigenvalue weighted by molar-refractivity contribution is 7.78. The van der Waals surface area contributed by atoms with Crippen LogP contribution in [0.4, 0.5) is 53.3 Å². The van der Waals surface area contributed by atoms with E-state index in [1.165, 1.54) is 5.49 Å². The summed E-state index contributed by atoms with van der Waals surface area (Å²) in [5.74, 6) is -1.02. The Hall–Kier alpha value is -7.83. The molecule has 5 atom stereocenters. The second-order valence-corrected chi connectivity index (χ2v) is 31.8. The van der Waals surface area contributed by atoms with Crippen molar-refractivity contribution in [3.63, 3.8) is 0 Å². The van der Waals surface area contributed by atoms with Gasteiger partial charge >= 0.3 is 42.4 Å². The first-order valence-corrected chi connectivity index (χ1v) is 40.0. The summed E-state index contributed by atoms with van der Waals surface area (Å²) in [6, 6.07) is 38.1. The quantitative estimate of drug-likeness (QED) is 0.00902. The van der Waals surface area contributed by atoms with E-state index < -0.39 is 65.1 Å². The lowest BCUT2D eigenvalue weighted by molar-refractivity contribution is -0.149. The van der Waals surface area contributed by atoms with Crippen LogP contribution in [0.5, 0.6) is 0 Å². The SMILES string of the molecule is CC(C)(C)OC(=O)OC(=O)OC(C)(C)C.CCC(CN)OC(=O)Cc1ccccc1Nc1c(Cl)cccc1Cl.CCC(CNC(=O)OC(C)(C)C)OC(=O)Cc1ccccc1Nc1c(Cl)cccc1Cl.CCC(CNC=S)OC(=O)Cc1ccccc1Nc1c(Cl)cccc1Cl.CCC(O)CN.CCC(O)CNC(=O)OC(C)(C)C.Cl. The Kier molecular flexibility index (Phi) is 52.7. The standard InChI is InChI=1S/C23H28Cl2N2O4.C19H20Cl2N2O2S.C18H20Cl2N2O2.C10H18O5.C9H19NO3.C4H11NO.ClH/c1-5-16(14-26-22(29)31-23(2,3)4)30-20(28)13-15-9-6-7-12-19(15)27-21-17(24)10-8-11-18(21)25;1-2-14(11-22-12-26)25-18(24)10-13-6-3-4-9-17(13)23-19-15(20)7-5-8-16(19)21;1-2-13(11-21)24-17(23)10-12-6-3-4-9-16(12)22-18-14(19)7-5-8-15(18)20;1-9(2,3)14-7(11)13-8(12)15-10(4,5)6;1-5-7(11)6-10-8(12)13-9(2,3)4;1-2-4(6)3-5;/h6-12,16,27H,5,13-14H2,1-4H3,(H,26,29);3-9,12,14,23H,2,10-11H2,1H3,(H,22,26);3-9,13,22H,2,10-11,21H2,1H3;1-6H3;7,11H,5-6H2,1-4H3,(H,10,12);4,6H,2-3,5H2,1H3;1H. The van der Waals surface area contributed by atoms with Crippen LogP contribution >= 0.6 is 94.2 Å². The lowest BCUT2D eigenvalue weighted by atomic mass is 10.1. The molecule has 12 N–H and O–H groups in total. The fraction of sp³-hybridized carbons (Fsp3) is 0.470. The van der Waals surface area contributed by atoms with E-state index in [-0.39, 0.29) is 75.0 Å². The van der Waals surface area contributed by atoms with Gasteiger partial charge in [-0.05, 0) is 186 Å². The summed E-state index contributed by atoms with van der Waals surface area (Å²) in [7, 11) is 0. The van der Waals surface area contributed by atoms with Gasteiger partial charge in [0.15, 0.2) is 0 Å². The molecule has 0 aromatic heterocycles. The molecular formula is C83H117Cl7N8O17S. The summed E-state index contributed by atoms with van der Waals surface area (Å²) in [5.41, 5.74) is 15.9. The van der Waals surface area contributed by atoms with Crippen LogP contribution < -0.4 is 43.4 Å². The molecule has 6 rings (SSSR count). The topological polar surface area (TPSA) is 358 Å². The number of hydrogen-bond acceptors (Lipinski definition) is 23. The molecule has 0 saturated carbocycles. The van der Waals surface area contributed by atoms with Crippen LogP contribution in [0.2, 0.25) is 30.1 Å². The van der Waals surface area contributed by atoms with Gasteiger partial charge in [-0.25, -0.2) is 19.2 Å². The minimum Gasteiger partial charge on any atom is -0.461 e. The molecule has 6 aromatic rings. The Labute approximate surface area is 725 Å². The third-order valence-electron chi connectivity index (χ3n) is 14.6. The molecule has 0 spiro atoms. The second-order valence-electron chi connectivity index (χ2n) is 29.1.